The van der Waals surface area contributed by atoms with Gasteiger partial charge in [-0.2, -0.15) is 0 Å². The predicted molar refractivity (Wildman–Crippen MR) is 130 cm³/mol. The number of H-pyrrole nitrogens is 1. The molecule has 9 heteroatoms. The van der Waals surface area contributed by atoms with Crippen LogP contribution in [0.2, 0.25) is 0 Å². The number of pyridine rings is 2. The number of hydrogen-bond acceptors (Lipinski definition) is 5. The van der Waals surface area contributed by atoms with Gasteiger partial charge in [-0.15, -0.1) is 0 Å². The van der Waals surface area contributed by atoms with Crippen LogP contribution in [0.25, 0.3) is 33.4 Å². The Labute approximate surface area is 196 Å². The van der Waals surface area contributed by atoms with Gasteiger partial charge < -0.3 is 10.3 Å². The third kappa shape index (κ3) is 4.60. The molecule has 1 fully saturated rings. The number of benzene rings is 1. The van der Waals surface area contributed by atoms with Crippen LogP contribution in [0.15, 0.2) is 48.8 Å². The molecule has 8 nitrogen and oxygen atoms in total. The van der Waals surface area contributed by atoms with Crippen LogP contribution >= 0.6 is 0 Å². The third-order valence-corrected chi connectivity index (χ3v) is 5.91. The van der Waals surface area contributed by atoms with Crippen molar-refractivity contribution in [2.75, 3.05) is 18.9 Å². The number of fused-ring (bicyclic) bond motifs is 1. The Balaban J connectivity index is 1.54. The van der Waals surface area contributed by atoms with Gasteiger partial charge in [-0.1, -0.05) is 6.07 Å². The number of halogens is 1. The van der Waals surface area contributed by atoms with Crippen molar-refractivity contribution in [1.82, 2.24) is 30.2 Å². The fourth-order valence-electron chi connectivity index (χ4n) is 4.01. The van der Waals surface area contributed by atoms with Crippen molar-refractivity contribution in [1.29, 1.82) is 0 Å². The number of rotatable bonds is 7. The maximum absolute atomic E-state index is 14.7. The summed E-state index contributed by atoms with van der Waals surface area (Å²) in [5.74, 6) is -0.175. The first kappa shape index (κ1) is 22.0. The second-order valence-corrected chi connectivity index (χ2v) is 8.51. The van der Waals surface area contributed by atoms with Gasteiger partial charge in [-0.25, -0.2) is 14.2 Å². The fourth-order valence-corrected chi connectivity index (χ4v) is 4.01. The smallest absolute Gasteiger partial charge is 0.321 e. The lowest BCUT2D eigenvalue weighted by atomic mass is 10.0. The molecule has 0 saturated heterocycles. The molecule has 3 heterocycles. The van der Waals surface area contributed by atoms with E-state index in [2.05, 4.69) is 42.5 Å². The van der Waals surface area contributed by atoms with E-state index in [0.717, 1.165) is 23.4 Å². The number of amides is 2. The summed E-state index contributed by atoms with van der Waals surface area (Å²) in [6, 6.07) is 11.0. The Morgan fingerprint density at radius 2 is 2.06 bits per heavy atom. The van der Waals surface area contributed by atoms with Crippen molar-refractivity contribution in [2.24, 2.45) is 0 Å². The Morgan fingerprint density at radius 3 is 2.76 bits per heavy atom. The molecule has 1 aliphatic carbocycles. The lowest BCUT2D eigenvalue weighted by Gasteiger charge is -2.15. The normalized spacial score (nSPS) is 13.4. The van der Waals surface area contributed by atoms with E-state index in [1.54, 1.807) is 12.3 Å². The maximum Gasteiger partial charge on any atom is 0.321 e. The average molecular weight is 460 g/mol. The van der Waals surface area contributed by atoms with Crippen molar-refractivity contribution in [2.45, 2.75) is 32.4 Å². The highest BCUT2D eigenvalue weighted by Gasteiger charge is 2.26. The van der Waals surface area contributed by atoms with Crippen LogP contribution in [0.1, 0.15) is 25.5 Å². The highest BCUT2D eigenvalue weighted by Crippen LogP contribution is 2.34. The second-order valence-electron chi connectivity index (χ2n) is 8.51. The molecule has 0 aliphatic heterocycles. The number of carbonyl (C=O) groups excluding carboxylic acids is 1. The van der Waals surface area contributed by atoms with E-state index in [4.69, 9.17) is 0 Å². The van der Waals surface area contributed by atoms with Gasteiger partial charge in [0.05, 0.1) is 11.2 Å². The van der Waals surface area contributed by atoms with Crippen molar-refractivity contribution in [3.8, 4) is 22.4 Å². The van der Waals surface area contributed by atoms with E-state index >= 15 is 0 Å². The lowest BCUT2D eigenvalue weighted by molar-refractivity contribution is 0.252. The number of aromatic nitrogens is 4. The van der Waals surface area contributed by atoms with E-state index in [-0.39, 0.29) is 17.7 Å². The van der Waals surface area contributed by atoms with Crippen LogP contribution in [-0.4, -0.2) is 50.5 Å². The highest BCUT2D eigenvalue weighted by molar-refractivity contribution is 5.98. The number of aromatic amines is 1. The number of hydrogen-bond donors (Lipinski definition) is 3. The summed E-state index contributed by atoms with van der Waals surface area (Å²) in [7, 11) is 2.12. The van der Waals surface area contributed by atoms with E-state index in [0.29, 0.717) is 29.2 Å². The maximum atomic E-state index is 14.7. The minimum Gasteiger partial charge on any atom is -0.338 e. The molecule has 0 atom stereocenters. The summed E-state index contributed by atoms with van der Waals surface area (Å²) in [6.45, 7) is 3.12. The van der Waals surface area contributed by atoms with Gasteiger partial charge in [-0.05, 0) is 62.7 Å². The second kappa shape index (κ2) is 9.18. The van der Waals surface area contributed by atoms with Crippen LogP contribution < -0.4 is 10.6 Å². The number of imidazole rings is 1. The monoisotopic (exact) mass is 459 g/mol. The number of nitrogens with zero attached hydrogens (tertiary/aromatic N) is 4. The minimum absolute atomic E-state index is 0.195. The van der Waals surface area contributed by atoms with Crippen molar-refractivity contribution in [3.05, 3.63) is 60.3 Å². The zero-order valence-electron chi connectivity index (χ0n) is 19.1. The van der Waals surface area contributed by atoms with Crippen molar-refractivity contribution < 1.29 is 9.18 Å². The quantitative estimate of drug-likeness (QED) is 0.376. The average Bonchev–Trinajstić information content (AvgIpc) is 3.60. The van der Waals surface area contributed by atoms with Crippen molar-refractivity contribution in [3.63, 3.8) is 0 Å². The highest BCUT2D eigenvalue weighted by atomic mass is 19.1. The molecule has 5 rings (SSSR count). The first-order valence-electron chi connectivity index (χ1n) is 11.4. The molecule has 0 radical (unpaired) electrons. The van der Waals surface area contributed by atoms with Gasteiger partial charge in [0.25, 0.3) is 0 Å². The van der Waals surface area contributed by atoms with Gasteiger partial charge >= 0.3 is 6.03 Å². The Kier molecular flexibility index (Phi) is 5.93. The molecule has 3 N–H and O–H groups in total. The van der Waals surface area contributed by atoms with Crippen LogP contribution in [0, 0.1) is 5.82 Å². The number of carbonyl (C=O) groups is 1. The van der Waals surface area contributed by atoms with Crippen LogP contribution in [0.4, 0.5) is 15.1 Å². The van der Waals surface area contributed by atoms with Crippen LogP contribution in [0.5, 0.6) is 0 Å². The first-order valence-corrected chi connectivity index (χ1v) is 11.4. The standard InChI is InChI=1S/C25H26FN7O/c1-3-27-25(34)32-24-30-21-12-16(11-19(23(21)31-24)22-20(26)5-4-10-28-22)15-6-7-17(29-13-15)14-33(2)18-8-9-18/h4-7,10-13,18H,3,8-9,14H2,1-2H3,(H3,27,30,31,32,34). The first-order chi connectivity index (χ1) is 16.5. The summed E-state index contributed by atoms with van der Waals surface area (Å²) in [5.41, 5.74) is 4.64. The van der Waals surface area contributed by atoms with Gasteiger partial charge in [0.1, 0.15) is 17.0 Å². The minimum atomic E-state index is -0.446. The zero-order chi connectivity index (χ0) is 23.7. The molecule has 3 aromatic heterocycles. The predicted octanol–water partition coefficient (Wildman–Crippen LogP) is 4.56. The van der Waals surface area contributed by atoms with Gasteiger partial charge in [-0.3, -0.25) is 20.2 Å². The summed E-state index contributed by atoms with van der Waals surface area (Å²) in [5, 5.41) is 5.34. The molecule has 0 bridgehead atoms. The summed E-state index contributed by atoms with van der Waals surface area (Å²) >= 11 is 0. The summed E-state index contributed by atoms with van der Waals surface area (Å²) in [6.07, 6.45) is 5.88. The molecule has 2 amide bonds. The Hall–Kier alpha value is -3.85. The molecule has 1 aromatic carbocycles. The van der Waals surface area contributed by atoms with Gasteiger partial charge in [0.2, 0.25) is 5.95 Å². The molecule has 1 aliphatic rings. The van der Waals surface area contributed by atoms with Crippen LogP contribution in [-0.2, 0) is 6.54 Å². The Morgan fingerprint density at radius 1 is 1.21 bits per heavy atom. The van der Waals surface area contributed by atoms with Crippen molar-refractivity contribution >= 4 is 23.0 Å². The van der Waals surface area contributed by atoms with E-state index in [1.807, 2.05) is 37.4 Å². The summed E-state index contributed by atoms with van der Waals surface area (Å²) in [4.78, 5) is 30.8. The number of urea groups is 1. The largest absolute Gasteiger partial charge is 0.338 e. The zero-order valence-corrected chi connectivity index (χ0v) is 19.1. The topological polar surface area (TPSA) is 98.8 Å². The van der Waals surface area contributed by atoms with Gasteiger partial charge in [0, 0.05) is 42.7 Å². The number of nitrogens with one attached hydrogen (secondary N) is 3. The van der Waals surface area contributed by atoms with Crippen LogP contribution in [0.3, 0.4) is 0 Å². The molecule has 0 unspecified atom stereocenters. The molecule has 1 saturated carbocycles. The Bertz CT molecular complexity index is 1330. The molecule has 174 valence electrons. The lowest BCUT2D eigenvalue weighted by Crippen LogP contribution is -2.28. The van der Waals surface area contributed by atoms with E-state index < -0.39 is 5.82 Å². The van der Waals surface area contributed by atoms with E-state index in [9.17, 15) is 9.18 Å². The molecule has 34 heavy (non-hydrogen) atoms. The molecular formula is C25H26FN7O. The molecular weight excluding hydrogens is 433 g/mol. The fraction of sp³-hybridized carbons (Fsp3) is 0.280. The SMILES string of the molecule is CCNC(=O)Nc1nc2c(-c3ncccc3F)cc(-c3ccc(CN(C)C4CC4)nc3)cc2[nH]1. The van der Waals surface area contributed by atoms with Gasteiger partial charge in [0.15, 0.2) is 0 Å². The molecule has 0 spiro atoms. The third-order valence-electron chi connectivity index (χ3n) is 5.91. The van der Waals surface area contributed by atoms with E-state index in [1.165, 1.54) is 18.9 Å². The molecule has 4 aromatic rings. The summed E-state index contributed by atoms with van der Waals surface area (Å²) < 4.78 is 14.7. The number of anilines is 1.